The van der Waals surface area contributed by atoms with Gasteiger partial charge in [-0.3, -0.25) is 4.79 Å². The van der Waals surface area contributed by atoms with E-state index < -0.39 is 34.4 Å². The number of sulfonamides is 1. The molecule has 0 aliphatic heterocycles. The first kappa shape index (κ1) is 18.8. The lowest BCUT2D eigenvalue weighted by Gasteiger charge is -2.11. The molecule has 9 nitrogen and oxygen atoms in total. The topological polar surface area (TPSA) is 123 Å². The van der Waals surface area contributed by atoms with Gasteiger partial charge in [0.1, 0.15) is 30.5 Å². The van der Waals surface area contributed by atoms with Gasteiger partial charge in [-0.25, -0.2) is 27.2 Å². The summed E-state index contributed by atoms with van der Waals surface area (Å²) in [7, 11) is -3.51. The number of benzene rings is 1. The Morgan fingerprint density at radius 2 is 2.04 bits per heavy atom. The molecule has 136 valence electrons. The molecular weight excluding hydrogens is 355 g/mol. The van der Waals surface area contributed by atoms with Crippen molar-refractivity contribution in [2.75, 3.05) is 6.26 Å². The summed E-state index contributed by atoms with van der Waals surface area (Å²) < 4.78 is 44.4. The highest BCUT2D eigenvalue weighted by molar-refractivity contribution is 7.88. The molecule has 0 radical (unpaired) electrons. The fraction of sp³-hybridized carbons (Fsp3) is 0.357. The summed E-state index contributed by atoms with van der Waals surface area (Å²) in [6.45, 7) is 0.958. The van der Waals surface area contributed by atoms with E-state index in [2.05, 4.69) is 14.8 Å². The predicted octanol–water partition coefficient (Wildman–Crippen LogP) is 0.691. The van der Waals surface area contributed by atoms with Crippen LogP contribution in [0, 0.1) is 5.82 Å². The van der Waals surface area contributed by atoms with Crippen molar-refractivity contribution in [3.8, 4) is 5.75 Å². The molecule has 25 heavy (non-hydrogen) atoms. The lowest BCUT2D eigenvalue weighted by Crippen LogP contribution is -2.28. The van der Waals surface area contributed by atoms with Crippen LogP contribution in [0.3, 0.4) is 0 Å². The zero-order valence-electron chi connectivity index (χ0n) is 13.5. The standard InChI is InChI=1S/C14H17FN4O5S/c1-9(18-25(2,22)23)14-16-12(17-19(14)7-13(20)21)8-24-11-5-3-10(15)4-6-11/h3-6,9,18H,7-8H2,1-2H3,(H,20,21). The third-order valence-corrected chi connectivity index (χ3v) is 3.77. The molecule has 0 aliphatic rings. The normalized spacial score (nSPS) is 12.8. The van der Waals surface area contributed by atoms with Crippen LogP contribution in [0.15, 0.2) is 24.3 Å². The highest BCUT2D eigenvalue weighted by Gasteiger charge is 2.21. The van der Waals surface area contributed by atoms with Gasteiger partial charge in [0.25, 0.3) is 0 Å². The summed E-state index contributed by atoms with van der Waals surface area (Å²) in [6, 6.07) is 4.54. The number of aromatic nitrogens is 3. The molecule has 0 saturated heterocycles. The van der Waals surface area contributed by atoms with Crippen molar-refractivity contribution < 1.29 is 27.4 Å². The maximum absolute atomic E-state index is 12.9. The Balaban J connectivity index is 2.18. The number of carboxylic acid groups (broad SMARTS) is 1. The molecule has 2 rings (SSSR count). The Kier molecular flexibility index (Phi) is 5.69. The van der Waals surface area contributed by atoms with Gasteiger partial charge < -0.3 is 9.84 Å². The van der Waals surface area contributed by atoms with Crippen LogP contribution in [-0.2, 0) is 28.0 Å². The van der Waals surface area contributed by atoms with Gasteiger partial charge in [-0.1, -0.05) is 0 Å². The zero-order valence-corrected chi connectivity index (χ0v) is 14.3. The maximum atomic E-state index is 12.9. The number of halogens is 1. The van der Waals surface area contributed by atoms with Crippen LogP contribution in [0.2, 0.25) is 0 Å². The highest BCUT2D eigenvalue weighted by atomic mass is 32.2. The largest absolute Gasteiger partial charge is 0.486 e. The maximum Gasteiger partial charge on any atom is 0.325 e. The second-order valence-corrected chi connectivity index (χ2v) is 7.07. The van der Waals surface area contributed by atoms with Gasteiger partial charge in [-0.2, -0.15) is 5.10 Å². The molecule has 0 fully saturated rings. The van der Waals surface area contributed by atoms with Gasteiger partial charge in [-0.05, 0) is 31.2 Å². The lowest BCUT2D eigenvalue weighted by atomic mass is 10.3. The molecule has 0 spiro atoms. The van der Waals surface area contributed by atoms with Crippen molar-refractivity contribution in [3.63, 3.8) is 0 Å². The second-order valence-electron chi connectivity index (χ2n) is 5.29. The molecule has 1 aromatic carbocycles. The summed E-state index contributed by atoms with van der Waals surface area (Å²) in [4.78, 5) is 15.1. The number of carbonyl (C=O) groups is 1. The lowest BCUT2D eigenvalue weighted by molar-refractivity contribution is -0.137. The minimum Gasteiger partial charge on any atom is -0.486 e. The van der Waals surface area contributed by atoms with E-state index in [0.717, 1.165) is 10.9 Å². The SMILES string of the molecule is CC(NS(C)(=O)=O)c1nc(COc2ccc(F)cc2)nn1CC(=O)O. The molecule has 0 aliphatic carbocycles. The van der Waals surface area contributed by atoms with E-state index in [9.17, 15) is 17.6 Å². The first-order valence-corrected chi connectivity index (χ1v) is 9.04. The van der Waals surface area contributed by atoms with Crippen molar-refractivity contribution in [1.29, 1.82) is 0 Å². The Hall–Kier alpha value is -2.53. The van der Waals surface area contributed by atoms with Crippen molar-refractivity contribution in [1.82, 2.24) is 19.5 Å². The van der Waals surface area contributed by atoms with Crippen LogP contribution in [0.25, 0.3) is 0 Å². The van der Waals surface area contributed by atoms with Crippen LogP contribution < -0.4 is 9.46 Å². The second kappa shape index (κ2) is 7.57. The quantitative estimate of drug-likeness (QED) is 0.699. The summed E-state index contributed by atoms with van der Waals surface area (Å²) in [5.41, 5.74) is 0. The number of nitrogens with one attached hydrogen (secondary N) is 1. The molecule has 2 aromatic rings. The van der Waals surface area contributed by atoms with Gasteiger partial charge >= 0.3 is 5.97 Å². The van der Waals surface area contributed by atoms with Crippen molar-refractivity contribution in [2.24, 2.45) is 0 Å². The Bertz CT molecular complexity index is 851. The van der Waals surface area contributed by atoms with Gasteiger partial charge in [0, 0.05) is 0 Å². The molecule has 2 N–H and O–H groups in total. The fourth-order valence-corrected chi connectivity index (χ4v) is 2.83. The average Bonchev–Trinajstić information content (AvgIpc) is 2.87. The molecular formula is C14H17FN4O5S. The van der Waals surface area contributed by atoms with Crippen molar-refractivity contribution >= 4 is 16.0 Å². The molecule has 0 bridgehead atoms. The predicted molar refractivity (Wildman–Crippen MR) is 84.8 cm³/mol. The summed E-state index contributed by atoms with van der Waals surface area (Å²) in [5.74, 6) is -0.851. The van der Waals surface area contributed by atoms with E-state index in [1.165, 1.54) is 31.2 Å². The molecule has 0 amide bonds. The molecule has 1 heterocycles. The monoisotopic (exact) mass is 372 g/mol. The van der Waals surface area contributed by atoms with Gasteiger partial charge in [-0.15, -0.1) is 0 Å². The molecule has 1 atom stereocenters. The Morgan fingerprint density at radius 3 is 2.60 bits per heavy atom. The van der Waals surface area contributed by atoms with E-state index in [1.807, 2.05) is 0 Å². The van der Waals surface area contributed by atoms with Crippen LogP contribution in [0.1, 0.15) is 24.6 Å². The molecule has 11 heteroatoms. The van der Waals surface area contributed by atoms with Gasteiger partial charge in [0.05, 0.1) is 12.3 Å². The van der Waals surface area contributed by atoms with E-state index in [0.29, 0.717) is 5.75 Å². The van der Waals surface area contributed by atoms with Crippen LogP contribution >= 0.6 is 0 Å². The van der Waals surface area contributed by atoms with Crippen molar-refractivity contribution in [3.05, 3.63) is 41.7 Å². The van der Waals surface area contributed by atoms with Crippen molar-refractivity contribution in [2.45, 2.75) is 26.1 Å². The average molecular weight is 372 g/mol. The number of carboxylic acids is 1. The molecule has 1 aromatic heterocycles. The zero-order chi connectivity index (χ0) is 18.6. The van der Waals surface area contributed by atoms with E-state index >= 15 is 0 Å². The van der Waals surface area contributed by atoms with E-state index in [1.54, 1.807) is 0 Å². The number of aliphatic carboxylic acids is 1. The van der Waals surface area contributed by atoms with E-state index in [4.69, 9.17) is 9.84 Å². The fourth-order valence-electron chi connectivity index (χ4n) is 2.08. The number of ether oxygens (including phenoxy) is 1. The van der Waals surface area contributed by atoms with Gasteiger partial charge in [0.2, 0.25) is 10.0 Å². The van der Waals surface area contributed by atoms with Gasteiger partial charge in [0.15, 0.2) is 5.82 Å². The van der Waals surface area contributed by atoms with E-state index in [-0.39, 0.29) is 18.3 Å². The summed E-state index contributed by atoms with van der Waals surface area (Å²) in [5, 5.41) is 13.0. The van der Waals surface area contributed by atoms with Crippen LogP contribution in [0.4, 0.5) is 4.39 Å². The first-order valence-electron chi connectivity index (χ1n) is 7.15. The minimum atomic E-state index is -3.51. The number of hydrogen-bond acceptors (Lipinski definition) is 6. The van der Waals surface area contributed by atoms with Crippen LogP contribution in [0.5, 0.6) is 5.75 Å². The third-order valence-electron chi connectivity index (χ3n) is 2.99. The summed E-state index contributed by atoms with van der Waals surface area (Å²) in [6.07, 6.45) is 0.986. The first-order chi connectivity index (χ1) is 11.6. The number of hydrogen-bond donors (Lipinski definition) is 2. The van der Waals surface area contributed by atoms with Crippen LogP contribution in [-0.4, -0.2) is 40.5 Å². The Labute approximate surface area is 143 Å². The third kappa shape index (κ3) is 5.80. The summed E-state index contributed by atoms with van der Waals surface area (Å²) >= 11 is 0. The number of rotatable bonds is 8. The number of nitrogens with zero attached hydrogens (tertiary/aromatic N) is 3. The smallest absolute Gasteiger partial charge is 0.325 e. The molecule has 0 saturated carbocycles. The minimum absolute atomic E-state index is 0.0865. The Morgan fingerprint density at radius 1 is 1.40 bits per heavy atom. The highest BCUT2D eigenvalue weighted by Crippen LogP contribution is 2.15. The molecule has 1 unspecified atom stereocenters.